The number of aliphatic hydroxyl groups excluding tert-OH is 1. The van der Waals surface area contributed by atoms with Crippen LogP contribution in [0.2, 0.25) is 0 Å². The molecule has 0 aliphatic carbocycles. The first kappa shape index (κ1) is 18.8. The molecule has 1 aliphatic rings. The third-order valence-corrected chi connectivity index (χ3v) is 6.80. The van der Waals surface area contributed by atoms with Crippen LogP contribution in [0.4, 0.5) is 0 Å². The first-order valence-corrected chi connectivity index (χ1v) is 9.83. The van der Waals surface area contributed by atoms with E-state index in [1.165, 1.54) is 4.31 Å². The molecule has 2 unspecified atom stereocenters. The highest BCUT2D eigenvalue weighted by atomic mass is 32.2. The van der Waals surface area contributed by atoms with E-state index in [-0.39, 0.29) is 24.4 Å². The van der Waals surface area contributed by atoms with Gasteiger partial charge in [0.2, 0.25) is 10.0 Å². The molecule has 7 heteroatoms. The second-order valence-electron chi connectivity index (χ2n) is 6.59. The minimum atomic E-state index is -3.71. The van der Waals surface area contributed by atoms with Gasteiger partial charge in [-0.1, -0.05) is 29.8 Å². The van der Waals surface area contributed by atoms with E-state index >= 15 is 0 Å². The molecule has 140 valence electrons. The van der Waals surface area contributed by atoms with Gasteiger partial charge in [-0.2, -0.15) is 4.31 Å². The van der Waals surface area contributed by atoms with Crippen molar-refractivity contribution < 1.29 is 23.4 Å². The van der Waals surface area contributed by atoms with Crippen molar-refractivity contribution in [2.75, 3.05) is 20.2 Å². The lowest BCUT2D eigenvalue weighted by molar-refractivity contribution is -0.112. The van der Waals surface area contributed by atoms with E-state index in [1.807, 2.05) is 6.92 Å². The molecular formula is C19H23NO5S. The van der Waals surface area contributed by atoms with Crippen molar-refractivity contribution >= 4 is 10.0 Å². The fourth-order valence-electron chi connectivity index (χ4n) is 3.19. The Morgan fingerprint density at radius 1 is 1.12 bits per heavy atom. The molecule has 0 bridgehead atoms. The van der Waals surface area contributed by atoms with Crippen molar-refractivity contribution in [2.24, 2.45) is 0 Å². The van der Waals surface area contributed by atoms with Crippen LogP contribution in [-0.2, 0) is 15.6 Å². The average Bonchev–Trinajstić information content (AvgIpc) is 2.64. The van der Waals surface area contributed by atoms with Crippen LogP contribution in [0, 0.1) is 6.92 Å². The smallest absolute Gasteiger partial charge is 0.243 e. The molecule has 1 saturated heterocycles. The van der Waals surface area contributed by atoms with Gasteiger partial charge in [0.25, 0.3) is 0 Å². The van der Waals surface area contributed by atoms with Gasteiger partial charge >= 0.3 is 0 Å². The summed E-state index contributed by atoms with van der Waals surface area (Å²) in [6.45, 7) is 1.84. The van der Waals surface area contributed by atoms with Gasteiger partial charge in [0.1, 0.15) is 17.5 Å². The monoisotopic (exact) mass is 377 g/mol. The van der Waals surface area contributed by atoms with Crippen molar-refractivity contribution in [1.82, 2.24) is 4.31 Å². The van der Waals surface area contributed by atoms with Crippen molar-refractivity contribution in [3.63, 3.8) is 0 Å². The molecule has 0 amide bonds. The Balaban J connectivity index is 1.82. The summed E-state index contributed by atoms with van der Waals surface area (Å²) in [4.78, 5) is 0.185. The van der Waals surface area contributed by atoms with Crippen LogP contribution < -0.4 is 4.74 Å². The van der Waals surface area contributed by atoms with Gasteiger partial charge in [0.05, 0.1) is 12.0 Å². The van der Waals surface area contributed by atoms with Crippen LogP contribution in [0.25, 0.3) is 0 Å². The highest BCUT2D eigenvalue weighted by Crippen LogP contribution is 2.35. The number of piperidine rings is 1. The van der Waals surface area contributed by atoms with E-state index < -0.39 is 21.7 Å². The molecule has 1 heterocycles. The van der Waals surface area contributed by atoms with E-state index in [0.29, 0.717) is 11.3 Å². The summed E-state index contributed by atoms with van der Waals surface area (Å²) in [6, 6.07) is 13.4. The predicted molar refractivity (Wildman–Crippen MR) is 97.5 cm³/mol. The van der Waals surface area contributed by atoms with E-state index in [4.69, 9.17) is 4.74 Å². The fraction of sp³-hybridized carbons (Fsp3) is 0.368. The van der Waals surface area contributed by atoms with Crippen LogP contribution in [-0.4, -0.2) is 49.2 Å². The number of methoxy groups -OCH3 is 1. The van der Waals surface area contributed by atoms with Crippen LogP contribution in [0.3, 0.4) is 0 Å². The normalized spacial score (nSPS) is 24.4. The standard InChI is InChI=1S/C19H23NO5S/c1-14-3-9-17(10-4-14)26(23,24)20-12-11-19(22,18(21)13-20)15-5-7-16(25-2)8-6-15/h3-10,18,21-22H,11-13H2,1-2H3. The molecule has 2 aromatic rings. The third-order valence-electron chi connectivity index (χ3n) is 4.92. The first-order valence-electron chi connectivity index (χ1n) is 8.39. The van der Waals surface area contributed by atoms with Gasteiger partial charge in [-0.05, 0) is 43.2 Å². The van der Waals surface area contributed by atoms with E-state index in [2.05, 4.69) is 0 Å². The molecule has 0 spiro atoms. The van der Waals surface area contributed by atoms with E-state index in [0.717, 1.165) is 5.56 Å². The van der Waals surface area contributed by atoms with Crippen molar-refractivity contribution in [2.45, 2.75) is 29.9 Å². The number of ether oxygens (including phenoxy) is 1. The molecule has 0 radical (unpaired) electrons. The van der Waals surface area contributed by atoms with Gasteiger partial charge in [-0.15, -0.1) is 0 Å². The number of nitrogens with zero attached hydrogens (tertiary/aromatic N) is 1. The zero-order valence-electron chi connectivity index (χ0n) is 14.8. The number of aliphatic hydroxyl groups is 2. The molecule has 2 aromatic carbocycles. The summed E-state index contributed by atoms with van der Waals surface area (Å²) in [5.74, 6) is 0.645. The molecule has 2 N–H and O–H groups in total. The second kappa shape index (κ2) is 7.00. The molecule has 1 aliphatic heterocycles. The highest BCUT2D eigenvalue weighted by Gasteiger charge is 2.45. The zero-order chi connectivity index (χ0) is 18.9. The van der Waals surface area contributed by atoms with Crippen LogP contribution >= 0.6 is 0 Å². The first-order chi connectivity index (χ1) is 12.3. The third kappa shape index (κ3) is 3.35. The Labute approximate surface area is 153 Å². The largest absolute Gasteiger partial charge is 0.497 e. The summed E-state index contributed by atoms with van der Waals surface area (Å²) in [7, 11) is -2.16. The Morgan fingerprint density at radius 2 is 1.73 bits per heavy atom. The highest BCUT2D eigenvalue weighted by molar-refractivity contribution is 7.89. The number of sulfonamides is 1. The Hall–Kier alpha value is -1.93. The molecule has 0 aromatic heterocycles. The number of benzene rings is 2. The number of rotatable bonds is 4. The summed E-state index contributed by atoms with van der Waals surface area (Å²) >= 11 is 0. The minimum Gasteiger partial charge on any atom is -0.497 e. The van der Waals surface area contributed by atoms with Crippen LogP contribution in [0.15, 0.2) is 53.4 Å². The van der Waals surface area contributed by atoms with Gasteiger partial charge in [-0.3, -0.25) is 0 Å². The fourth-order valence-corrected chi connectivity index (χ4v) is 4.64. The molecule has 0 saturated carbocycles. The molecule has 1 fully saturated rings. The Morgan fingerprint density at radius 3 is 2.27 bits per heavy atom. The minimum absolute atomic E-state index is 0.103. The quantitative estimate of drug-likeness (QED) is 0.846. The van der Waals surface area contributed by atoms with E-state index in [9.17, 15) is 18.6 Å². The lowest BCUT2D eigenvalue weighted by Gasteiger charge is -2.41. The second-order valence-corrected chi connectivity index (χ2v) is 8.53. The summed E-state index contributed by atoms with van der Waals surface area (Å²) in [5, 5.41) is 21.5. The van der Waals surface area contributed by atoms with Crippen molar-refractivity contribution in [1.29, 1.82) is 0 Å². The Kier molecular flexibility index (Phi) is 5.07. The van der Waals surface area contributed by atoms with Gasteiger partial charge in [0.15, 0.2) is 0 Å². The molecular weight excluding hydrogens is 354 g/mol. The maximum Gasteiger partial charge on any atom is 0.243 e. The lowest BCUT2D eigenvalue weighted by Crippen LogP contribution is -2.54. The molecule has 3 rings (SSSR count). The maximum atomic E-state index is 12.8. The number of β-amino-alcohol motifs (C(OH)–C–C–N with tert-alkyl or cyclic N) is 1. The van der Waals surface area contributed by atoms with Crippen LogP contribution in [0.5, 0.6) is 5.75 Å². The summed E-state index contributed by atoms with van der Waals surface area (Å²) in [6.07, 6.45) is -1.13. The number of hydrogen-bond acceptors (Lipinski definition) is 5. The molecule has 26 heavy (non-hydrogen) atoms. The van der Waals surface area contributed by atoms with Crippen molar-refractivity contribution in [3.8, 4) is 5.75 Å². The average molecular weight is 377 g/mol. The van der Waals surface area contributed by atoms with Crippen molar-refractivity contribution in [3.05, 3.63) is 59.7 Å². The topological polar surface area (TPSA) is 87.1 Å². The van der Waals surface area contributed by atoms with Gasteiger partial charge in [-0.25, -0.2) is 8.42 Å². The van der Waals surface area contributed by atoms with Gasteiger partial charge in [0, 0.05) is 13.1 Å². The maximum absolute atomic E-state index is 12.8. The SMILES string of the molecule is COc1ccc(C2(O)CCN(S(=O)(=O)c3ccc(C)cc3)CC2O)cc1. The zero-order valence-corrected chi connectivity index (χ0v) is 15.6. The summed E-state index contributed by atoms with van der Waals surface area (Å²) in [5.41, 5.74) is 0.0145. The summed E-state index contributed by atoms with van der Waals surface area (Å²) < 4.78 is 31.9. The van der Waals surface area contributed by atoms with Crippen LogP contribution in [0.1, 0.15) is 17.5 Å². The lowest BCUT2D eigenvalue weighted by atomic mass is 9.83. The number of aryl methyl sites for hydroxylation is 1. The van der Waals surface area contributed by atoms with Gasteiger partial charge < -0.3 is 14.9 Å². The predicted octanol–water partition coefficient (Wildman–Crippen LogP) is 1.65. The molecule has 6 nitrogen and oxygen atoms in total. The Bertz CT molecular complexity index is 864. The van der Waals surface area contributed by atoms with E-state index in [1.54, 1.807) is 55.6 Å². The number of hydrogen-bond donors (Lipinski definition) is 2. The molecule has 2 atom stereocenters.